The maximum Gasteiger partial charge on any atom is 0.305 e. The fourth-order valence-electron chi connectivity index (χ4n) is 2.85. The number of hydrogen-bond acceptors (Lipinski definition) is 2. The summed E-state index contributed by atoms with van der Waals surface area (Å²) < 4.78 is 17.9. The van der Waals surface area contributed by atoms with E-state index in [4.69, 9.17) is 16.3 Å². The van der Waals surface area contributed by atoms with Crippen LogP contribution in [-0.4, -0.2) is 18.1 Å². The molecule has 0 radical (unpaired) electrons. The molecule has 1 aromatic heterocycles. The molecule has 3 aromatic rings. The fourth-order valence-corrected chi connectivity index (χ4v) is 3.03. The molecular formula is C19H17ClFNO2. The number of H-pyrrole nitrogens is 1. The van der Waals surface area contributed by atoms with Crippen molar-refractivity contribution < 1.29 is 13.9 Å². The molecule has 0 atom stereocenters. The van der Waals surface area contributed by atoms with E-state index in [0.717, 1.165) is 27.7 Å². The Labute approximate surface area is 144 Å². The number of methoxy groups -OCH3 is 1. The van der Waals surface area contributed by atoms with Crippen LogP contribution >= 0.6 is 11.6 Å². The SMILES string of the molecule is COC(=O)CCCc1c(-c2ccc(F)cc2)[nH]c2ccc(Cl)cc12. The average molecular weight is 346 g/mol. The van der Waals surface area contributed by atoms with E-state index >= 15 is 0 Å². The van der Waals surface area contributed by atoms with E-state index in [2.05, 4.69) is 4.98 Å². The van der Waals surface area contributed by atoms with Gasteiger partial charge in [0.2, 0.25) is 0 Å². The van der Waals surface area contributed by atoms with Gasteiger partial charge in [-0.3, -0.25) is 4.79 Å². The number of ether oxygens (including phenoxy) is 1. The summed E-state index contributed by atoms with van der Waals surface area (Å²) in [5.41, 5.74) is 3.86. The van der Waals surface area contributed by atoms with Gasteiger partial charge in [0.1, 0.15) is 5.82 Å². The van der Waals surface area contributed by atoms with Gasteiger partial charge in [-0.25, -0.2) is 4.39 Å². The van der Waals surface area contributed by atoms with Crippen molar-refractivity contribution in [1.82, 2.24) is 4.98 Å². The quantitative estimate of drug-likeness (QED) is 0.652. The van der Waals surface area contributed by atoms with Crippen LogP contribution in [0.2, 0.25) is 5.02 Å². The second-order valence-corrected chi connectivity index (χ2v) is 6.04. The highest BCUT2D eigenvalue weighted by Crippen LogP contribution is 2.33. The molecule has 3 nitrogen and oxygen atoms in total. The maximum absolute atomic E-state index is 13.2. The van der Waals surface area contributed by atoms with Crippen molar-refractivity contribution in [2.75, 3.05) is 7.11 Å². The first-order valence-corrected chi connectivity index (χ1v) is 8.09. The summed E-state index contributed by atoms with van der Waals surface area (Å²) in [6.45, 7) is 0. The number of carbonyl (C=O) groups excluding carboxylic acids is 1. The van der Waals surface area contributed by atoms with E-state index in [1.165, 1.54) is 19.2 Å². The van der Waals surface area contributed by atoms with Gasteiger partial charge < -0.3 is 9.72 Å². The molecule has 0 spiro atoms. The van der Waals surface area contributed by atoms with Crippen molar-refractivity contribution in [3.05, 3.63) is 58.9 Å². The highest BCUT2D eigenvalue weighted by molar-refractivity contribution is 6.31. The minimum Gasteiger partial charge on any atom is -0.469 e. The molecule has 1 N–H and O–H groups in total. The lowest BCUT2D eigenvalue weighted by atomic mass is 10.0. The lowest BCUT2D eigenvalue weighted by Crippen LogP contribution is -2.00. The standard InChI is InChI=1S/C19H17ClFNO2/c1-24-18(23)4-2-3-15-16-11-13(20)7-10-17(16)22-19(15)12-5-8-14(21)9-6-12/h5-11,22H,2-4H2,1H3. The molecule has 0 aliphatic rings. The molecule has 1 heterocycles. The first kappa shape index (κ1) is 16.5. The smallest absolute Gasteiger partial charge is 0.305 e. The third-order valence-corrected chi connectivity index (χ3v) is 4.27. The first-order valence-electron chi connectivity index (χ1n) is 7.71. The number of carbonyl (C=O) groups is 1. The lowest BCUT2D eigenvalue weighted by Gasteiger charge is -2.05. The van der Waals surface area contributed by atoms with Crippen molar-refractivity contribution in [1.29, 1.82) is 0 Å². The van der Waals surface area contributed by atoms with Crippen LogP contribution in [0, 0.1) is 5.82 Å². The zero-order valence-electron chi connectivity index (χ0n) is 13.2. The van der Waals surface area contributed by atoms with Crippen LogP contribution < -0.4 is 0 Å². The van der Waals surface area contributed by atoms with Gasteiger partial charge in [0, 0.05) is 28.0 Å². The highest BCUT2D eigenvalue weighted by atomic mass is 35.5. The zero-order valence-corrected chi connectivity index (χ0v) is 14.0. The third-order valence-electron chi connectivity index (χ3n) is 4.04. The minimum atomic E-state index is -0.273. The molecular weight excluding hydrogens is 329 g/mol. The van der Waals surface area contributed by atoms with Crippen LogP contribution in [0.4, 0.5) is 4.39 Å². The normalized spacial score (nSPS) is 11.0. The number of benzene rings is 2. The largest absolute Gasteiger partial charge is 0.469 e. The van der Waals surface area contributed by atoms with E-state index in [0.29, 0.717) is 24.3 Å². The molecule has 124 valence electrons. The van der Waals surface area contributed by atoms with E-state index in [1.54, 1.807) is 12.1 Å². The predicted molar refractivity (Wildman–Crippen MR) is 93.7 cm³/mol. The van der Waals surface area contributed by atoms with Crippen molar-refractivity contribution in [3.63, 3.8) is 0 Å². The Balaban J connectivity index is 2.01. The molecule has 5 heteroatoms. The molecule has 0 aliphatic carbocycles. The molecule has 0 amide bonds. The van der Waals surface area contributed by atoms with E-state index < -0.39 is 0 Å². The van der Waals surface area contributed by atoms with Gasteiger partial charge in [-0.2, -0.15) is 0 Å². The van der Waals surface area contributed by atoms with Crippen molar-refractivity contribution in [2.45, 2.75) is 19.3 Å². The van der Waals surface area contributed by atoms with Gasteiger partial charge in [0.15, 0.2) is 0 Å². The number of rotatable bonds is 5. The summed E-state index contributed by atoms with van der Waals surface area (Å²) >= 11 is 6.14. The molecule has 0 fully saturated rings. The van der Waals surface area contributed by atoms with Gasteiger partial charge in [0.05, 0.1) is 7.11 Å². The number of aromatic amines is 1. The van der Waals surface area contributed by atoms with E-state index in [-0.39, 0.29) is 11.8 Å². The molecule has 24 heavy (non-hydrogen) atoms. The van der Waals surface area contributed by atoms with Crippen LogP contribution in [0.5, 0.6) is 0 Å². The number of nitrogens with one attached hydrogen (secondary N) is 1. The Hall–Kier alpha value is -2.33. The maximum atomic E-state index is 13.2. The Bertz CT molecular complexity index is 871. The van der Waals surface area contributed by atoms with Crippen LogP contribution in [0.1, 0.15) is 18.4 Å². The number of fused-ring (bicyclic) bond motifs is 1. The Morgan fingerprint density at radius 1 is 1.21 bits per heavy atom. The van der Waals surface area contributed by atoms with Crippen LogP contribution in [0.15, 0.2) is 42.5 Å². The monoisotopic (exact) mass is 345 g/mol. The second kappa shape index (κ2) is 7.05. The molecule has 0 bridgehead atoms. The summed E-state index contributed by atoms with van der Waals surface area (Å²) in [5, 5.41) is 1.67. The molecule has 3 rings (SSSR count). The minimum absolute atomic E-state index is 0.226. The van der Waals surface area contributed by atoms with Crippen LogP contribution in [0.3, 0.4) is 0 Å². The van der Waals surface area contributed by atoms with Gasteiger partial charge >= 0.3 is 5.97 Å². The Morgan fingerprint density at radius 2 is 1.96 bits per heavy atom. The Kier molecular flexibility index (Phi) is 4.86. The highest BCUT2D eigenvalue weighted by Gasteiger charge is 2.14. The summed E-state index contributed by atoms with van der Waals surface area (Å²) in [7, 11) is 1.39. The van der Waals surface area contributed by atoms with E-state index in [9.17, 15) is 9.18 Å². The van der Waals surface area contributed by atoms with Crippen LogP contribution in [0.25, 0.3) is 22.2 Å². The van der Waals surface area contributed by atoms with Gasteiger partial charge in [-0.05, 0) is 66.4 Å². The fraction of sp³-hybridized carbons (Fsp3) is 0.211. The van der Waals surface area contributed by atoms with Gasteiger partial charge in [-0.1, -0.05) is 11.6 Å². The van der Waals surface area contributed by atoms with Gasteiger partial charge in [-0.15, -0.1) is 0 Å². The molecule has 0 aliphatic heterocycles. The number of aryl methyl sites for hydroxylation is 1. The zero-order chi connectivity index (χ0) is 17.1. The first-order chi connectivity index (χ1) is 11.6. The topological polar surface area (TPSA) is 42.1 Å². The number of esters is 1. The Morgan fingerprint density at radius 3 is 2.67 bits per heavy atom. The van der Waals surface area contributed by atoms with Crippen molar-refractivity contribution in [2.24, 2.45) is 0 Å². The molecule has 0 unspecified atom stereocenters. The summed E-state index contributed by atoms with van der Waals surface area (Å²) in [4.78, 5) is 14.7. The number of hydrogen-bond donors (Lipinski definition) is 1. The third kappa shape index (κ3) is 3.44. The summed E-state index contributed by atoms with van der Waals surface area (Å²) in [5.74, 6) is -0.499. The predicted octanol–water partition coefficient (Wildman–Crippen LogP) is 5.12. The summed E-state index contributed by atoms with van der Waals surface area (Å²) in [6.07, 6.45) is 1.72. The molecule has 0 saturated carbocycles. The van der Waals surface area contributed by atoms with Crippen molar-refractivity contribution in [3.8, 4) is 11.3 Å². The van der Waals surface area contributed by atoms with Gasteiger partial charge in [0.25, 0.3) is 0 Å². The second-order valence-electron chi connectivity index (χ2n) is 5.61. The lowest BCUT2D eigenvalue weighted by molar-refractivity contribution is -0.140. The van der Waals surface area contributed by atoms with Crippen molar-refractivity contribution >= 4 is 28.5 Å². The molecule has 0 saturated heterocycles. The van der Waals surface area contributed by atoms with Crippen LogP contribution in [-0.2, 0) is 16.0 Å². The number of aromatic nitrogens is 1. The summed E-state index contributed by atoms with van der Waals surface area (Å²) in [6, 6.07) is 12.0. The average Bonchev–Trinajstić information content (AvgIpc) is 2.93. The number of halogens is 2. The van der Waals surface area contributed by atoms with E-state index in [1.807, 2.05) is 18.2 Å². The molecule has 2 aromatic carbocycles.